The summed E-state index contributed by atoms with van der Waals surface area (Å²) < 4.78 is 4.30. The first-order chi connectivity index (χ1) is 10.2. The summed E-state index contributed by atoms with van der Waals surface area (Å²) >= 11 is 0. The first-order valence-electron chi connectivity index (χ1n) is 8.31. The summed E-state index contributed by atoms with van der Waals surface area (Å²) in [5.74, 6) is 0.906. The van der Waals surface area contributed by atoms with Crippen molar-refractivity contribution in [2.45, 2.75) is 78.3 Å². The molecule has 1 atom stereocenters. The van der Waals surface area contributed by atoms with Crippen LogP contribution < -0.4 is 0 Å². The molecule has 0 amide bonds. The lowest BCUT2D eigenvalue weighted by molar-refractivity contribution is 0.271. The molecule has 2 aromatic rings. The zero-order valence-electron chi connectivity index (χ0n) is 15.0. The molecule has 2 aromatic heterocycles. The molecule has 2 rings (SSSR count). The molecule has 122 valence electrons. The van der Waals surface area contributed by atoms with E-state index >= 15 is 0 Å². The fourth-order valence-electron chi connectivity index (χ4n) is 2.84. The van der Waals surface area contributed by atoms with Gasteiger partial charge in [-0.15, -0.1) is 5.10 Å². The van der Waals surface area contributed by atoms with Gasteiger partial charge in [0.1, 0.15) is 0 Å². The molecule has 0 bridgehead atoms. The van der Waals surface area contributed by atoms with E-state index in [1.54, 1.807) is 0 Å². The average molecular weight is 302 g/mol. The SMILES string of the molecule is CC(C)c1cn(C(C)(C)CC(C)c2ccn(C(C)C)c2)nn1. The number of hydrogen-bond acceptors (Lipinski definition) is 2. The van der Waals surface area contributed by atoms with E-state index in [-0.39, 0.29) is 5.54 Å². The Bertz CT molecular complexity index is 604. The Morgan fingerprint density at radius 3 is 2.27 bits per heavy atom. The molecular formula is C18H30N4. The standard InChI is InChI=1S/C18H30N4/c1-13(2)17-12-22(20-19-17)18(6,7)10-15(5)16-8-9-21(11-16)14(3)4/h8-9,11-15H,10H2,1-7H3. The van der Waals surface area contributed by atoms with Gasteiger partial charge in [0.2, 0.25) is 0 Å². The van der Waals surface area contributed by atoms with E-state index in [1.807, 2.05) is 4.68 Å². The van der Waals surface area contributed by atoms with Crippen molar-refractivity contribution in [3.05, 3.63) is 35.9 Å². The van der Waals surface area contributed by atoms with Gasteiger partial charge >= 0.3 is 0 Å². The first kappa shape index (κ1) is 16.8. The van der Waals surface area contributed by atoms with Crippen LogP contribution in [-0.2, 0) is 5.54 Å². The van der Waals surface area contributed by atoms with Gasteiger partial charge in [0, 0.05) is 24.6 Å². The van der Waals surface area contributed by atoms with E-state index in [2.05, 4.69) is 88.0 Å². The van der Waals surface area contributed by atoms with Crippen LogP contribution in [0.5, 0.6) is 0 Å². The fourth-order valence-corrected chi connectivity index (χ4v) is 2.84. The quantitative estimate of drug-likeness (QED) is 0.774. The molecule has 4 heteroatoms. The van der Waals surface area contributed by atoms with Crippen molar-refractivity contribution in [2.24, 2.45) is 0 Å². The molecule has 0 saturated carbocycles. The third-order valence-electron chi connectivity index (χ3n) is 4.43. The van der Waals surface area contributed by atoms with Gasteiger partial charge in [0.05, 0.1) is 11.2 Å². The molecule has 0 fully saturated rings. The molecule has 0 aliphatic heterocycles. The molecule has 4 nitrogen and oxygen atoms in total. The molecule has 0 spiro atoms. The van der Waals surface area contributed by atoms with Crippen LogP contribution in [0.15, 0.2) is 24.7 Å². The second kappa shape index (κ2) is 6.27. The summed E-state index contributed by atoms with van der Waals surface area (Å²) in [6.45, 7) is 15.5. The van der Waals surface area contributed by atoms with Crippen LogP contribution in [0.4, 0.5) is 0 Å². The molecule has 0 aromatic carbocycles. The van der Waals surface area contributed by atoms with E-state index < -0.39 is 0 Å². The number of aromatic nitrogens is 4. The number of rotatable bonds is 6. The highest BCUT2D eigenvalue weighted by Gasteiger charge is 2.26. The van der Waals surface area contributed by atoms with Crippen LogP contribution in [0.3, 0.4) is 0 Å². The zero-order valence-corrected chi connectivity index (χ0v) is 15.0. The van der Waals surface area contributed by atoms with Crippen molar-refractivity contribution in [1.29, 1.82) is 0 Å². The van der Waals surface area contributed by atoms with Gasteiger partial charge in [-0.25, -0.2) is 4.68 Å². The lowest BCUT2D eigenvalue weighted by Crippen LogP contribution is -2.28. The smallest absolute Gasteiger partial charge is 0.0852 e. The van der Waals surface area contributed by atoms with Crippen molar-refractivity contribution >= 4 is 0 Å². The maximum absolute atomic E-state index is 4.35. The van der Waals surface area contributed by atoms with Gasteiger partial charge < -0.3 is 4.57 Å². The Balaban J connectivity index is 2.12. The van der Waals surface area contributed by atoms with Crippen molar-refractivity contribution in [2.75, 3.05) is 0 Å². The summed E-state index contributed by atoms with van der Waals surface area (Å²) in [6.07, 6.45) is 7.58. The van der Waals surface area contributed by atoms with Gasteiger partial charge in [-0.05, 0) is 57.6 Å². The Labute approximate surface area is 134 Å². The summed E-state index contributed by atoms with van der Waals surface area (Å²) in [6, 6.07) is 2.75. The van der Waals surface area contributed by atoms with Gasteiger partial charge in [-0.1, -0.05) is 26.0 Å². The van der Waals surface area contributed by atoms with Gasteiger partial charge in [0.25, 0.3) is 0 Å². The van der Waals surface area contributed by atoms with E-state index in [0.29, 0.717) is 17.9 Å². The Hall–Kier alpha value is -1.58. The monoisotopic (exact) mass is 302 g/mol. The number of nitrogens with zero attached hydrogens (tertiary/aromatic N) is 4. The lowest BCUT2D eigenvalue weighted by Gasteiger charge is -2.28. The first-order valence-corrected chi connectivity index (χ1v) is 8.31. The van der Waals surface area contributed by atoms with Crippen molar-refractivity contribution < 1.29 is 0 Å². The van der Waals surface area contributed by atoms with Crippen molar-refractivity contribution in [1.82, 2.24) is 19.6 Å². The third kappa shape index (κ3) is 3.60. The molecule has 0 N–H and O–H groups in total. The molecule has 22 heavy (non-hydrogen) atoms. The average Bonchev–Trinajstić information content (AvgIpc) is 3.08. The molecule has 0 radical (unpaired) electrons. The molecular weight excluding hydrogens is 272 g/mol. The minimum absolute atomic E-state index is 0.0422. The number of hydrogen-bond donors (Lipinski definition) is 0. The highest BCUT2D eigenvalue weighted by Crippen LogP contribution is 2.31. The van der Waals surface area contributed by atoms with Crippen LogP contribution >= 0.6 is 0 Å². The van der Waals surface area contributed by atoms with Crippen LogP contribution in [0.1, 0.15) is 84.0 Å². The van der Waals surface area contributed by atoms with Crippen LogP contribution in [-0.4, -0.2) is 19.6 Å². The normalized spacial score (nSPS) is 14.0. The summed E-state index contributed by atoms with van der Waals surface area (Å²) in [5, 5.41) is 8.65. The van der Waals surface area contributed by atoms with E-state index in [4.69, 9.17) is 0 Å². The molecule has 0 aliphatic carbocycles. The van der Waals surface area contributed by atoms with Crippen molar-refractivity contribution in [3.63, 3.8) is 0 Å². The van der Waals surface area contributed by atoms with Gasteiger partial charge in [0.15, 0.2) is 0 Å². The third-order valence-corrected chi connectivity index (χ3v) is 4.43. The van der Waals surface area contributed by atoms with Crippen LogP contribution in [0, 0.1) is 0 Å². The Kier molecular flexibility index (Phi) is 4.78. The fraction of sp³-hybridized carbons (Fsp3) is 0.667. The highest BCUT2D eigenvalue weighted by atomic mass is 15.4. The predicted octanol–water partition coefficient (Wildman–Crippen LogP) is 4.71. The highest BCUT2D eigenvalue weighted by molar-refractivity contribution is 5.16. The lowest BCUT2D eigenvalue weighted by atomic mass is 9.88. The van der Waals surface area contributed by atoms with E-state index in [9.17, 15) is 0 Å². The molecule has 1 unspecified atom stereocenters. The van der Waals surface area contributed by atoms with Crippen LogP contribution in [0.25, 0.3) is 0 Å². The zero-order chi connectivity index (χ0) is 16.5. The van der Waals surface area contributed by atoms with Gasteiger partial charge in [-0.3, -0.25) is 0 Å². The summed E-state index contributed by atoms with van der Waals surface area (Å²) in [5.41, 5.74) is 2.41. The topological polar surface area (TPSA) is 35.6 Å². The van der Waals surface area contributed by atoms with Gasteiger partial charge in [-0.2, -0.15) is 0 Å². The maximum atomic E-state index is 4.35. The Morgan fingerprint density at radius 1 is 1.09 bits per heavy atom. The largest absolute Gasteiger partial charge is 0.352 e. The Morgan fingerprint density at radius 2 is 1.77 bits per heavy atom. The van der Waals surface area contributed by atoms with Crippen LogP contribution in [0.2, 0.25) is 0 Å². The minimum Gasteiger partial charge on any atom is -0.352 e. The predicted molar refractivity (Wildman–Crippen MR) is 91.3 cm³/mol. The summed E-state index contributed by atoms with van der Waals surface area (Å²) in [7, 11) is 0. The molecule has 0 aliphatic rings. The molecule has 0 saturated heterocycles. The molecule has 2 heterocycles. The maximum Gasteiger partial charge on any atom is 0.0852 e. The van der Waals surface area contributed by atoms with Crippen molar-refractivity contribution in [3.8, 4) is 0 Å². The second-order valence-corrected chi connectivity index (χ2v) is 7.65. The minimum atomic E-state index is -0.0422. The second-order valence-electron chi connectivity index (χ2n) is 7.65. The summed E-state index contributed by atoms with van der Waals surface area (Å²) in [4.78, 5) is 0. The van der Waals surface area contributed by atoms with E-state index in [0.717, 1.165) is 12.1 Å². The van der Waals surface area contributed by atoms with E-state index in [1.165, 1.54) is 5.56 Å².